The van der Waals surface area contributed by atoms with E-state index in [-0.39, 0.29) is 22.3 Å². The van der Waals surface area contributed by atoms with Crippen LogP contribution in [0.25, 0.3) is 11.1 Å². The SMILES string of the molecule is O=Cc1cc(Br)cc(F)c1-c1c(F)cc(Br)cc1C=O. The van der Waals surface area contributed by atoms with Crippen molar-refractivity contribution in [2.24, 2.45) is 0 Å². The Bertz CT molecular complexity index is 653. The van der Waals surface area contributed by atoms with E-state index < -0.39 is 11.6 Å². The summed E-state index contributed by atoms with van der Waals surface area (Å²) < 4.78 is 28.9. The van der Waals surface area contributed by atoms with Gasteiger partial charge in [0.05, 0.1) is 0 Å². The molecular weight excluding hydrogens is 398 g/mol. The number of hydrogen-bond donors (Lipinski definition) is 0. The maximum absolute atomic E-state index is 14.1. The van der Waals surface area contributed by atoms with Crippen molar-refractivity contribution in [2.75, 3.05) is 0 Å². The molecule has 20 heavy (non-hydrogen) atoms. The molecule has 2 aromatic carbocycles. The Morgan fingerprint density at radius 3 is 1.40 bits per heavy atom. The lowest BCUT2D eigenvalue weighted by Crippen LogP contribution is -2.00. The number of rotatable bonds is 3. The highest BCUT2D eigenvalue weighted by Crippen LogP contribution is 2.34. The van der Waals surface area contributed by atoms with Crippen molar-refractivity contribution in [3.05, 3.63) is 56.0 Å². The van der Waals surface area contributed by atoms with Gasteiger partial charge in [-0.25, -0.2) is 8.78 Å². The molecule has 0 aliphatic rings. The molecule has 0 radical (unpaired) electrons. The predicted octanol–water partition coefficient (Wildman–Crippen LogP) is 4.78. The highest BCUT2D eigenvalue weighted by molar-refractivity contribution is 9.10. The topological polar surface area (TPSA) is 34.1 Å². The van der Waals surface area contributed by atoms with Gasteiger partial charge in [0, 0.05) is 31.2 Å². The monoisotopic (exact) mass is 402 g/mol. The number of benzene rings is 2. The minimum atomic E-state index is -0.786. The normalized spacial score (nSPS) is 10.4. The standard InChI is InChI=1S/C14H6Br2F2O2/c15-9-1-7(5-19)13(11(17)3-9)14-8(6-20)2-10(16)4-12(14)18/h1-6H. The van der Waals surface area contributed by atoms with Crippen molar-refractivity contribution in [2.45, 2.75) is 0 Å². The van der Waals surface area contributed by atoms with Gasteiger partial charge in [0.2, 0.25) is 0 Å². The first kappa shape index (κ1) is 15.0. The maximum atomic E-state index is 14.1. The summed E-state index contributed by atoms with van der Waals surface area (Å²) in [5, 5.41) is 0. The number of aldehydes is 2. The first-order valence-corrected chi connectivity index (χ1v) is 6.95. The second kappa shape index (κ2) is 5.93. The van der Waals surface area contributed by atoms with Crippen LogP contribution in [0.1, 0.15) is 20.7 Å². The summed E-state index contributed by atoms with van der Waals surface area (Å²) >= 11 is 6.11. The zero-order chi connectivity index (χ0) is 14.9. The quantitative estimate of drug-likeness (QED) is 0.691. The van der Waals surface area contributed by atoms with Crippen molar-refractivity contribution in [3.63, 3.8) is 0 Å². The van der Waals surface area contributed by atoms with Crippen LogP contribution in [0.3, 0.4) is 0 Å². The molecule has 2 aromatic rings. The molecule has 6 heteroatoms. The van der Waals surface area contributed by atoms with Gasteiger partial charge in [-0.1, -0.05) is 31.9 Å². The molecule has 0 aromatic heterocycles. The molecule has 0 saturated carbocycles. The molecular formula is C14H6Br2F2O2. The second-order valence-corrected chi connectivity index (χ2v) is 5.77. The number of carbonyl (C=O) groups excluding carboxylic acids is 2. The maximum Gasteiger partial charge on any atom is 0.150 e. The van der Waals surface area contributed by atoms with Crippen LogP contribution in [0, 0.1) is 11.6 Å². The van der Waals surface area contributed by atoms with Crippen LogP contribution in [0.2, 0.25) is 0 Å². The molecule has 0 N–H and O–H groups in total. The van der Waals surface area contributed by atoms with Gasteiger partial charge in [-0.05, 0) is 24.3 Å². The van der Waals surface area contributed by atoms with Crippen molar-refractivity contribution in [3.8, 4) is 11.1 Å². The first-order valence-electron chi connectivity index (χ1n) is 5.36. The molecule has 0 amide bonds. The third-order valence-corrected chi connectivity index (χ3v) is 3.59. The van der Waals surface area contributed by atoms with Crippen LogP contribution in [0.4, 0.5) is 8.78 Å². The van der Waals surface area contributed by atoms with Crippen LogP contribution in [0.15, 0.2) is 33.2 Å². The van der Waals surface area contributed by atoms with Crippen molar-refractivity contribution in [1.29, 1.82) is 0 Å². The Labute approximate surface area is 130 Å². The fourth-order valence-electron chi connectivity index (χ4n) is 1.90. The summed E-state index contributed by atoms with van der Waals surface area (Å²) in [5.74, 6) is -1.57. The molecule has 0 heterocycles. The highest BCUT2D eigenvalue weighted by Gasteiger charge is 2.20. The van der Waals surface area contributed by atoms with E-state index in [4.69, 9.17) is 0 Å². The van der Waals surface area contributed by atoms with E-state index in [2.05, 4.69) is 31.9 Å². The van der Waals surface area contributed by atoms with Crippen molar-refractivity contribution in [1.82, 2.24) is 0 Å². The Morgan fingerprint density at radius 1 is 0.750 bits per heavy atom. The van der Waals surface area contributed by atoms with Crippen LogP contribution < -0.4 is 0 Å². The molecule has 0 bridgehead atoms. The molecule has 0 aliphatic carbocycles. The fourth-order valence-corrected chi connectivity index (χ4v) is 2.80. The first-order chi connectivity index (χ1) is 9.47. The van der Waals surface area contributed by atoms with Gasteiger partial charge in [0.1, 0.15) is 11.6 Å². The summed E-state index contributed by atoms with van der Waals surface area (Å²) in [6, 6.07) is 4.94. The lowest BCUT2D eigenvalue weighted by atomic mass is 9.95. The van der Waals surface area contributed by atoms with Gasteiger partial charge in [0.25, 0.3) is 0 Å². The summed E-state index contributed by atoms with van der Waals surface area (Å²) in [4.78, 5) is 22.2. The molecule has 102 valence electrons. The second-order valence-electron chi connectivity index (χ2n) is 3.94. The smallest absolute Gasteiger partial charge is 0.150 e. The van der Waals surface area contributed by atoms with Gasteiger partial charge >= 0.3 is 0 Å². The van der Waals surface area contributed by atoms with Crippen molar-refractivity contribution < 1.29 is 18.4 Å². The Morgan fingerprint density at radius 2 is 1.10 bits per heavy atom. The number of carbonyl (C=O) groups is 2. The lowest BCUT2D eigenvalue weighted by Gasteiger charge is -2.11. The van der Waals surface area contributed by atoms with Gasteiger partial charge in [-0.3, -0.25) is 9.59 Å². The van der Waals surface area contributed by atoms with Gasteiger partial charge < -0.3 is 0 Å². The van der Waals surface area contributed by atoms with Crippen LogP contribution >= 0.6 is 31.9 Å². The van der Waals surface area contributed by atoms with E-state index in [9.17, 15) is 18.4 Å². The highest BCUT2D eigenvalue weighted by atomic mass is 79.9. The summed E-state index contributed by atoms with van der Waals surface area (Å²) in [6.45, 7) is 0. The Balaban J connectivity index is 2.88. The minimum absolute atomic E-state index is 0.0406. The van der Waals surface area contributed by atoms with Gasteiger partial charge in [-0.2, -0.15) is 0 Å². The predicted molar refractivity (Wildman–Crippen MR) is 78.0 cm³/mol. The van der Waals surface area contributed by atoms with E-state index in [1.165, 1.54) is 12.1 Å². The average Bonchev–Trinajstić information content (AvgIpc) is 2.38. The fraction of sp³-hybridized carbons (Fsp3) is 0. The van der Waals surface area contributed by atoms with Crippen LogP contribution in [0.5, 0.6) is 0 Å². The average molecular weight is 404 g/mol. The molecule has 0 fully saturated rings. The van der Waals surface area contributed by atoms with Gasteiger partial charge in [-0.15, -0.1) is 0 Å². The minimum Gasteiger partial charge on any atom is -0.298 e. The third-order valence-electron chi connectivity index (χ3n) is 2.67. The molecule has 2 rings (SSSR count). The summed E-state index contributed by atoms with van der Waals surface area (Å²) in [5.41, 5.74) is -0.534. The third kappa shape index (κ3) is 2.71. The largest absolute Gasteiger partial charge is 0.298 e. The van der Waals surface area contributed by atoms with Crippen molar-refractivity contribution >= 4 is 44.4 Å². The summed E-state index contributed by atoms with van der Waals surface area (Å²) in [7, 11) is 0. The lowest BCUT2D eigenvalue weighted by molar-refractivity contribution is 0.111. The van der Waals surface area contributed by atoms with Gasteiger partial charge in [0.15, 0.2) is 12.6 Å². The van der Waals surface area contributed by atoms with E-state index >= 15 is 0 Å². The summed E-state index contributed by atoms with van der Waals surface area (Å²) in [6.07, 6.45) is 0.832. The van der Waals surface area contributed by atoms with E-state index in [0.29, 0.717) is 21.5 Å². The van der Waals surface area contributed by atoms with E-state index in [1.54, 1.807) is 0 Å². The molecule has 2 nitrogen and oxygen atoms in total. The van der Waals surface area contributed by atoms with E-state index in [0.717, 1.165) is 12.1 Å². The Kier molecular flexibility index (Phi) is 4.45. The Hall–Kier alpha value is -1.40. The molecule has 0 aliphatic heterocycles. The zero-order valence-electron chi connectivity index (χ0n) is 9.79. The molecule has 0 spiro atoms. The van der Waals surface area contributed by atoms with E-state index in [1.807, 2.05) is 0 Å². The van der Waals surface area contributed by atoms with Crippen LogP contribution in [-0.4, -0.2) is 12.6 Å². The molecule has 0 atom stereocenters. The number of halogens is 4. The molecule has 0 unspecified atom stereocenters. The molecule has 0 saturated heterocycles. The zero-order valence-corrected chi connectivity index (χ0v) is 13.0. The number of hydrogen-bond acceptors (Lipinski definition) is 2. The van der Waals surface area contributed by atoms with Crippen LogP contribution in [-0.2, 0) is 0 Å².